The van der Waals surface area contributed by atoms with E-state index in [4.69, 9.17) is 11.0 Å². The first-order valence-electron chi connectivity index (χ1n) is 3.05. The number of nitrogens with two attached hydrogens (primary N) is 1. The lowest BCUT2D eigenvalue weighted by molar-refractivity contribution is -0.139. The standard InChI is InChI=1S/C5H10N2O3/c6-10-3-1-4(5(8)9)7-2-3/h3-4,7H,1-2,6H2,(H,8,9)/t3-,4-/m0/s1. The Hall–Kier alpha value is -0.650. The summed E-state index contributed by atoms with van der Waals surface area (Å²) in [6, 6.07) is -0.492. The highest BCUT2D eigenvalue weighted by molar-refractivity contribution is 5.73. The van der Waals surface area contributed by atoms with Crippen LogP contribution in [0, 0.1) is 0 Å². The maximum absolute atomic E-state index is 10.3. The van der Waals surface area contributed by atoms with Crippen molar-refractivity contribution >= 4 is 5.97 Å². The summed E-state index contributed by atoms with van der Waals surface area (Å²) in [7, 11) is 0. The zero-order chi connectivity index (χ0) is 7.56. The molecule has 58 valence electrons. The fourth-order valence-corrected chi connectivity index (χ4v) is 0.995. The molecule has 1 heterocycles. The summed E-state index contributed by atoms with van der Waals surface area (Å²) in [5.74, 6) is 4.02. The van der Waals surface area contributed by atoms with Gasteiger partial charge < -0.3 is 10.4 Å². The summed E-state index contributed by atoms with van der Waals surface area (Å²) in [5.41, 5.74) is 0. The van der Waals surface area contributed by atoms with Crippen molar-refractivity contribution in [3.05, 3.63) is 0 Å². The van der Waals surface area contributed by atoms with Crippen LogP contribution in [0.2, 0.25) is 0 Å². The molecule has 0 aliphatic carbocycles. The minimum absolute atomic E-state index is 0.152. The van der Waals surface area contributed by atoms with Gasteiger partial charge in [-0.25, -0.2) is 5.90 Å². The molecule has 0 aromatic heterocycles. The van der Waals surface area contributed by atoms with E-state index in [0.29, 0.717) is 13.0 Å². The van der Waals surface area contributed by atoms with E-state index >= 15 is 0 Å². The van der Waals surface area contributed by atoms with Gasteiger partial charge in [0.2, 0.25) is 0 Å². The lowest BCUT2D eigenvalue weighted by Crippen LogP contribution is -2.30. The van der Waals surface area contributed by atoms with Gasteiger partial charge in [0.05, 0.1) is 6.10 Å². The van der Waals surface area contributed by atoms with Crippen LogP contribution in [0.25, 0.3) is 0 Å². The average Bonchev–Trinajstić information content (AvgIpc) is 2.34. The van der Waals surface area contributed by atoms with Crippen molar-refractivity contribution in [2.24, 2.45) is 5.90 Å². The molecule has 0 saturated carbocycles. The molecule has 10 heavy (non-hydrogen) atoms. The quantitative estimate of drug-likeness (QED) is 0.421. The third-order valence-electron chi connectivity index (χ3n) is 1.58. The summed E-state index contributed by atoms with van der Waals surface area (Å²) < 4.78 is 0. The third-order valence-corrected chi connectivity index (χ3v) is 1.58. The molecule has 0 aromatic carbocycles. The van der Waals surface area contributed by atoms with Gasteiger partial charge in [0.1, 0.15) is 6.04 Å². The number of carboxylic acid groups (broad SMARTS) is 1. The third kappa shape index (κ3) is 1.44. The van der Waals surface area contributed by atoms with E-state index in [-0.39, 0.29) is 6.10 Å². The monoisotopic (exact) mass is 146 g/mol. The van der Waals surface area contributed by atoms with Gasteiger partial charge in [-0.05, 0) is 0 Å². The van der Waals surface area contributed by atoms with Gasteiger partial charge in [0.25, 0.3) is 0 Å². The van der Waals surface area contributed by atoms with Crippen molar-refractivity contribution in [1.29, 1.82) is 0 Å². The Morgan fingerprint density at radius 1 is 1.80 bits per heavy atom. The van der Waals surface area contributed by atoms with Gasteiger partial charge in [0.15, 0.2) is 0 Å². The number of rotatable bonds is 2. The molecule has 1 rings (SSSR count). The number of hydrogen-bond donors (Lipinski definition) is 3. The molecule has 5 nitrogen and oxygen atoms in total. The second-order valence-electron chi connectivity index (χ2n) is 2.29. The van der Waals surface area contributed by atoms with Gasteiger partial charge in [-0.15, -0.1) is 0 Å². The number of aliphatic carboxylic acids is 1. The Morgan fingerprint density at radius 3 is 2.80 bits per heavy atom. The van der Waals surface area contributed by atoms with Crippen LogP contribution in [0.3, 0.4) is 0 Å². The zero-order valence-electron chi connectivity index (χ0n) is 5.41. The van der Waals surface area contributed by atoms with Crippen LogP contribution >= 0.6 is 0 Å². The minimum atomic E-state index is -0.848. The SMILES string of the molecule is NO[C@@H]1CN[C@H](C(=O)O)C1. The summed E-state index contributed by atoms with van der Waals surface area (Å²) in [6.07, 6.45) is 0.298. The van der Waals surface area contributed by atoms with Gasteiger partial charge in [0, 0.05) is 13.0 Å². The van der Waals surface area contributed by atoms with Crippen LogP contribution in [-0.2, 0) is 9.63 Å². The molecule has 0 radical (unpaired) electrons. The average molecular weight is 146 g/mol. The van der Waals surface area contributed by atoms with Crippen molar-refractivity contribution in [1.82, 2.24) is 5.32 Å². The molecule has 1 aliphatic heterocycles. The Bertz CT molecular complexity index is 139. The van der Waals surface area contributed by atoms with Crippen LogP contribution in [0.1, 0.15) is 6.42 Å². The number of carboxylic acids is 1. The highest BCUT2D eigenvalue weighted by Crippen LogP contribution is 2.07. The molecule has 0 unspecified atom stereocenters. The first-order valence-corrected chi connectivity index (χ1v) is 3.05. The number of carbonyl (C=O) groups is 1. The molecule has 4 N–H and O–H groups in total. The van der Waals surface area contributed by atoms with Crippen molar-refractivity contribution in [3.8, 4) is 0 Å². The van der Waals surface area contributed by atoms with E-state index in [2.05, 4.69) is 10.2 Å². The highest BCUT2D eigenvalue weighted by atomic mass is 16.6. The lowest BCUT2D eigenvalue weighted by atomic mass is 10.2. The van der Waals surface area contributed by atoms with E-state index in [9.17, 15) is 4.79 Å². The van der Waals surface area contributed by atoms with Gasteiger partial charge >= 0.3 is 5.97 Å². The normalized spacial score (nSPS) is 32.5. The predicted octanol–water partition coefficient (Wildman–Crippen LogP) is -1.31. The zero-order valence-corrected chi connectivity index (χ0v) is 5.41. The van der Waals surface area contributed by atoms with Crippen molar-refractivity contribution in [2.75, 3.05) is 6.54 Å². The maximum atomic E-state index is 10.3. The number of hydrogen-bond acceptors (Lipinski definition) is 4. The first-order chi connectivity index (χ1) is 4.74. The van der Waals surface area contributed by atoms with E-state index in [1.54, 1.807) is 0 Å². The van der Waals surface area contributed by atoms with E-state index in [1.165, 1.54) is 0 Å². The summed E-state index contributed by atoms with van der Waals surface area (Å²) in [6.45, 7) is 0.521. The summed E-state index contributed by atoms with van der Waals surface area (Å²) in [5, 5.41) is 11.2. The van der Waals surface area contributed by atoms with Crippen LogP contribution in [0.5, 0.6) is 0 Å². The first kappa shape index (κ1) is 7.46. The van der Waals surface area contributed by atoms with E-state index in [1.807, 2.05) is 0 Å². The van der Waals surface area contributed by atoms with Gasteiger partial charge in [-0.2, -0.15) is 0 Å². The minimum Gasteiger partial charge on any atom is -0.480 e. The molecule has 1 saturated heterocycles. The van der Waals surface area contributed by atoms with Crippen LogP contribution < -0.4 is 11.2 Å². The Labute approximate surface area is 58.1 Å². The number of nitrogens with one attached hydrogen (secondary N) is 1. The highest BCUT2D eigenvalue weighted by Gasteiger charge is 2.29. The van der Waals surface area contributed by atoms with Crippen LogP contribution in [0.15, 0.2) is 0 Å². The van der Waals surface area contributed by atoms with Crippen molar-refractivity contribution < 1.29 is 14.7 Å². The molecule has 0 spiro atoms. The molecular weight excluding hydrogens is 136 g/mol. The largest absolute Gasteiger partial charge is 0.480 e. The fraction of sp³-hybridized carbons (Fsp3) is 0.800. The summed E-state index contributed by atoms with van der Waals surface area (Å²) in [4.78, 5) is 14.8. The molecule has 0 amide bonds. The second-order valence-corrected chi connectivity index (χ2v) is 2.29. The van der Waals surface area contributed by atoms with E-state index in [0.717, 1.165) is 0 Å². The summed E-state index contributed by atoms with van der Waals surface area (Å²) >= 11 is 0. The topological polar surface area (TPSA) is 84.6 Å². The second kappa shape index (κ2) is 2.96. The molecule has 0 aromatic rings. The molecule has 2 atom stereocenters. The fourth-order valence-electron chi connectivity index (χ4n) is 0.995. The van der Waals surface area contributed by atoms with E-state index < -0.39 is 12.0 Å². The van der Waals surface area contributed by atoms with Gasteiger partial charge in [-0.3, -0.25) is 9.63 Å². The Balaban J connectivity index is 2.35. The smallest absolute Gasteiger partial charge is 0.320 e. The Morgan fingerprint density at radius 2 is 2.50 bits per heavy atom. The molecular formula is C5H10N2O3. The maximum Gasteiger partial charge on any atom is 0.320 e. The predicted molar refractivity (Wildman–Crippen MR) is 33.1 cm³/mol. The van der Waals surface area contributed by atoms with Crippen LogP contribution in [-0.4, -0.2) is 29.8 Å². The van der Waals surface area contributed by atoms with Crippen LogP contribution in [0.4, 0.5) is 0 Å². The van der Waals surface area contributed by atoms with Crippen molar-refractivity contribution in [2.45, 2.75) is 18.6 Å². The lowest BCUT2D eigenvalue weighted by Gasteiger charge is -2.02. The van der Waals surface area contributed by atoms with Gasteiger partial charge in [-0.1, -0.05) is 0 Å². The molecule has 5 heteroatoms. The molecule has 1 aliphatic rings. The Kier molecular flexibility index (Phi) is 2.21. The molecule has 1 fully saturated rings. The molecule has 0 bridgehead atoms. The van der Waals surface area contributed by atoms with Crippen molar-refractivity contribution in [3.63, 3.8) is 0 Å².